The van der Waals surface area contributed by atoms with E-state index >= 15 is 0 Å². The van der Waals surface area contributed by atoms with E-state index in [-0.39, 0.29) is 37.0 Å². The molecule has 0 aromatic carbocycles. The van der Waals surface area contributed by atoms with Gasteiger partial charge in [0.15, 0.2) is 0 Å². The van der Waals surface area contributed by atoms with Crippen LogP contribution in [0.3, 0.4) is 0 Å². The maximum atomic E-state index is 10.4. The molecule has 23 heavy (non-hydrogen) atoms. The topological polar surface area (TPSA) is 75.6 Å². The van der Waals surface area contributed by atoms with Crippen LogP contribution in [-0.4, -0.2) is 91.1 Å². The zero-order chi connectivity index (χ0) is 17.0. The van der Waals surface area contributed by atoms with Crippen LogP contribution in [0.5, 0.6) is 0 Å². The normalized spacial score (nSPS) is 40.3. The molecule has 2 rings (SSSR count). The zero-order valence-electron chi connectivity index (χ0n) is 13.8. The Labute approximate surface area is 140 Å². The van der Waals surface area contributed by atoms with E-state index in [1.54, 1.807) is 14.2 Å². The van der Waals surface area contributed by atoms with Crippen molar-refractivity contribution < 1.29 is 32.9 Å². The van der Waals surface area contributed by atoms with Crippen LogP contribution in [0.1, 0.15) is 12.8 Å². The van der Waals surface area contributed by atoms with E-state index < -0.39 is 13.9 Å². The Bertz CT molecular complexity index is 376. The van der Waals surface area contributed by atoms with Crippen molar-refractivity contribution in [3.05, 3.63) is 0 Å². The molecule has 7 unspecified atom stereocenters. The highest BCUT2D eigenvalue weighted by molar-refractivity contribution is 7.59. The van der Waals surface area contributed by atoms with E-state index in [2.05, 4.69) is 0 Å². The molecule has 128 valence electrons. The van der Waals surface area contributed by atoms with Crippen LogP contribution in [-0.2, 0) is 28.0 Å². The summed E-state index contributed by atoms with van der Waals surface area (Å²) in [6.07, 6.45) is -0.130. The average Bonchev–Trinajstić information content (AvgIpc) is 2.99. The predicted octanol–water partition coefficient (Wildman–Crippen LogP) is 0.00130. The van der Waals surface area contributed by atoms with Gasteiger partial charge in [0.1, 0.15) is 47.3 Å². The van der Waals surface area contributed by atoms with Crippen LogP contribution in [0.4, 0.5) is 0 Å². The SMILES string of the molecule is [B]C1CC(OC)C(CO[P+](C)(O)OC2CC([B])OC2COC)O1. The van der Waals surface area contributed by atoms with Crippen LogP contribution in [0.2, 0.25) is 0 Å². The summed E-state index contributed by atoms with van der Waals surface area (Å²) in [5.41, 5.74) is 0. The highest BCUT2D eigenvalue weighted by atomic mass is 31.2. The molecule has 0 spiro atoms. The lowest BCUT2D eigenvalue weighted by molar-refractivity contribution is -0.0329. The minimum absolute atomic E-state index is 0.140. The summed E-state index contributed by atoms with van der Waals surface area (Å²) in [6.45, 7) is 2.00. The van der Waals surface area contributed by atoms with Crippen molar-refractivity contribution in [2.75, 3.05) is 34.1 Å². The Hall–Kier alpha value is 0.280. The third kappa shape index (κ3) is 5.65. The first-order valence-electron chi connectivity index (χ1n) is 7.60. The molecule has 0 bridgehead atoms. The molecule has 2 aliphatic rings. The smallest absolute Gasteiger partial charge is 0.382 e. The summed E-state index contributed by atoms with van der Waals surface area (Å²) >= 11 is 0. The van der Waals surface area contributed by atoms with Crippen LogP contribution in [0.25, 0.3) is 0 Å². The highest BCUT2D eigenvalue weighted by Gasteiger charge is 2.46. The Balaban J connectivity index is 1.84. The monoisotopic (exact) mass is 345 g/mol. The lowest BCUT2D eigenvalue weighted by atomic mass is 9.96. The summed E-state index contributed by atoms with van der Waals surface area (Å²) in [5, 5.41) is 0. The molecule has 4 radical (unpaired) electrons. The second-order valence-electron chi connectivity index (χ2n) is 5.87. The third-order valence-electron chi connectivity index (χ3n) is 3.90. The lowest BCUT2D eigenvalue weighted by Crippen LogP contribution is -2.31. The minimum atomic E-state index is -3.06. The van der Waals surface area contributed by atoms with E-state index in [9.17, 15) is 4.89 Å². The molecule has 0 aliphatic carbocycles. The standard InChI is InChI=1S/C13H24B2O7P/c1-17-6-10-9(5-13(15)20-10)22-23(3,16)19-7-11-8(18-2)4-12(14)21-11/h8-13,16H,4-7H2,1-3H3/q+1. The van der Waals surface area contributed by atoms with Crippen LogP contribution < -0.4 is 0 Å². The quantitative estimate of drug-likeness (QED) is 0.490. The van der Waals surface area contributed by atoms with Crippen molar-refractivity contribution in [3.63, 3.8) is 0 Å². The molecular formula is C13H24B2O7P+. The van der Waals surface area contributed by atoms with Crippen molar-refractivity contribution in [2.45, 2.75) is 49.3 Å². The minimum Gasteiger partial charge on any atom is -0.382 e. The highest BCUT2D eigenvalue weighted by Crippen LogP contribution is 2.55. The molecule has 10 heteroatoms. The maximum absolute atomic E-state index is 10.4. The first-order valence-corrected chi connectivity index (χ1v) is 9.63. The molecule has 7 nitrogen and oxygen atoms in total. The van der Waals surface area contributed by atoms with E-state index in [0.29, 0.717) is 19.4 Å². The first kappa shape index (κ1) is 19.6. The van der Waals surface area contributed by atoms with Gasteiger partial charge in [-0.2, -0.15) is 13.9 Å². The molecule has 2 aliphatic heterocycles. The molecule has 7 atom stereocenters. The summed E-state index contributed by atoms with van der Waals surface area (Å²) in [5.74, 6) is 0. The Morgan fingerprint density at radius 1 is 1.04 bits per heavy atom. The fraction of sp³-hybridized carbons (Fsp3) is 1.00. The molecular weight excluding hydrogens is 321 g/mol. The fourth-order valence-corrected chi connectivity index (χ4v) is 4.02. The Morgan fingerprint density at radius 2 is 1.61 bits per heavy atom. The third-order valence-corrected chi connectivity index (χ3v) is 5.19. The number of methoxy groups -OCH3 is 2. The van der Waals surface area contributed by atoms with Gasteiger partial charge in [0.25, 0.3) is 0 Å². The molecule has 2 fully saturated rings. The summed E-state index contributed by atoms with van der Waals surface area (Å²) in [7, 11) is 11.6. The zero-order valence-corrected chi connectivity index (χ0v) is 14.7. The van der Waals surface area contributed by atoms with Gasteiger partial charge >= 0.3 is 7.94 Å². The Kier molecular flexibility index (Phi) is 7.32. The van der Waals surface area contributed by atoms with Gasteiger partial charge in [-0.15, -0.1) is 0 Å². The fourth-order valence-electron chi connectivity index (χ4n) is 2.81. The predicted molar refractivity (Wildman–Crippen MR) is 86.6 cm³/mol. The summed E-state index contributed by atoms with van der Waals surface area (Å²) in [6, 6.07) is -0.820. The van der Waals surface area contributed by atoms with E-state index in [1.165, 1.54) is 6.66 Å². The van der Waals surface area contributed by atoms with Gasteiger partial charge in [-0.1, -0.05) is 0 Å². The van der Waals surface area contributed by atoms with Crippen molar-refractivity contribution >= 4 is 23.6 Å². The van der Waals surface area contributed by atoms with Crippen molar-refractivity contribution in [2.24, 2.45) is 0 Å². The average molecular weight is 345 g/mol. The van der Waals surface area contributed by atoms with Crippen LogP contribution in [0, 0.1) is 0 Å². The van der Waals surface area contributed by atoms with Gasteiger partial charge in [0.2, 0.25) is 0 Å². The van der Waals surface area contributed by atoms with Gasteiger partial charge in [-0.25, -0.2) is 0 Å². The summed E-state index contributed by atoms with van der Waals surface area (Å²) in [4.78, 5) is 10.4. The van der Waals surface area contributed by atoms with Crippen molar-refractivity contribution in [1.82, 2.24) is 0 Å². The van der Waals surface area contributed by atoms with E-state index in [1.807, 2.05) is 0 Å². The second-order valence-corrected chi connectivity index (χ2v) is 7.94. The molecule has 0 aromatic heterocycles. The van der Waals surface area contributed by atoms with Crippen LogP contribution >= 0.6 is 7.94 Å². The molecule has 0 aromatic rings. The van der Waals surface area contributed by atoms with Gasteiger partial charge in [0.05, 0.1) is 12.7 Å². The Morgan fingerprint density at radius 3 is 2.17 bits per heavy atom. The maximum Gasteiger partial charge on any atom is 0.406 e. The van der Waals surface area contributed by atoms with Crippen molar-refractivity contribution in [1.29, 1.82) is 0 Å². The molecule has 0 amide bonds. The van der Waals surface area contributed by atoms with Gasteiger partial charge in [-0.3, -0.25) is 0 Å². The number of hydrogen-bond acceptors (Lipinski definition) is 7. The summed E-state index contributed by atoms with van der Waals surface area (Å²) < 4.78 is 32.7. The lowest BCUT2D eigenvalue weighted by Gasteiger charge is -2.22. The first-order chi connectivity index (χ1) is 10.8. The van der Waals surface area contributed by atoms with Gasteiger partial charge in [-0.05, 0) is 12.8 Å². The largest absolute Gasteiger partial charge is 0.406 e. The second kappa shape index (κ2) is 8.59. The molecule has 0 saturated carbocycles. The van der Waals surface area contributed by atoms with Crippen molar-refractivity contribution in [3.8, 4) is 0 Å². The van der Waals surface area contributed by atoms with Crippen LogP contribution in [0.15, 0.2) is 0 Å². The number of rotatable bonds is 8. The van der Waals surface area contributed by atoms with E-state index in [4.69, 9.17) is 43.7 Å². The molecule has 2 heterocycles. The van der Waals surface area contributed by atoms with E-state index in [0.717, 1.165) is 0 Å². The molecule has 2 saturated heterocycles. The number of hydrogen-bond donors (Lipinski definition) is 1. The van der Waals surface area contributed by atoms with Gasteiger partial charge < -0.3 is 18.9 Å². The number of ether oxygens (including phenoxy) is 4. The van der Waals surface area contributed by atoms with Gasteiger partial charge in [0, 0.05) is 26.2 Å². The molecule has 1 N–H and O–H groups in total.